The molecular weight excluding hydrogens is 342 g/mol. The van der Waals surface area contributed by atoms with Gasteiger partial charge < -0.3 is 5.11 Å². The van der Waals surface area contributed by atoms with Crippen LogP contribution in [0.5, 0.6) is 0 Å². The fourth-order valence-corrected chi connectivity index (χ4v) is 2.96. The van der Waals surface area contributed by atoms with Gasteiger partial charge in [-0.3, -0.25) is 4.98 Å². The van der Waals surface area contributed by atoms with Crippen LogP contribution in [0.2, 0.25) is 0 Å². The first-order valence-corrected chi connectivity index (χ1v) is 6.72. The van der Waals surface area contributed by atoms with Crippen LogP contribution in [0.25, 0.3) is 0 Å². The SMILES string of the molecule is OC(c1ccc(Br)cn1)c1cscc1Br. The first-order valence-electron chi connectivity index (χ1n) is 4.19. The molecule has 2 rings (SSSR count). The van der Waals surface area contributed by atoms with E-state index in [1.807, 2.05) is 16.8 Å². The van der Waals surface area contributed by atoms with Crippen molar-refractivity contribution < 1.29 is 5.11 Å². The van der Waals surface area contributed by atoms with Crippen LogP contribution in [0.4, 0.5) is 0 Å². The van der Waals surface area contributed by atoms with Crippen molar-refractivity contribution in [2.75, 3.05) is 0 Å². The third-order valence-corrected chi connectivity index (χ3v) is 4.19. The molecule has 0 saturated carbocycles. The van der Waals surface area contributed by atoms with E-state index in [0.29, 0.717) is 5.69 Å². The molecule has 2 aromatic heterocycles. The second-order valence-corrected chi connectivity index (χ2v) is 5.49. The van der Waals surface area contributed by atoms with Gasteiger partial charge in [0, 0.05) is 26.1 Å². The Morgan fingerprint density at radius 1 is 1.27 bits per heavy atom. The number of halogens is 2. The first kappa shape index (κ1) is 11.3. The van der Waals surface area contributed by atoms with Crippen LogP contribution >= 0.6 is 43.2 Å². The maximum Gasteiger partial charge on any atom is 0.123 e. The van der Waals surface area contributed by atoms with Crippen LogP contribution in [-0.4, -0.2) is 10.1 Å². The number of rotatable bonds is 2. The number of hydrogen-bond acceptors (Lipinski definition) is 3. The fourth-order valence-electron chi connectivity index (χ4n) is 1.19. The van der Waals surface area contributed by atoms with E-state index < -0.39 is 6.10 Å². The number of aliphatic hydroxyl groups is 1. The van der Waals surface area contributed by atoms with Gasteiger partial charge in [0.1, 0.15) is 6.10 Å². The third-order valence-electron chi connectivity index (χ3n) is 1.97. The molecule has 0 amide bonds. The van der Waals surface area contributed by atoms with E-state index >= 15 is 0 Å². The minimum atomic E-state index is -0.668. The largest absolute Gasteiger partial charge is 0.382 e. The highest BCUT2D eigenvalue weighted by molar-refractivity contribution is 9.10. The summed E-state index contributed by atoms with van der Waals surface area (Å²) in [6.07, 6.45) is 1.01. The lowest BCUT2D eigenvalue weighted by Gasteiger charge is -2.08. The highest BCUT2D eigenvalue weighted by atomic mass is 79.9. The molecule has 0 aliphatic rings. The minimum absolute atomic E-state index is 0.650. The Hall–Kier alpha value is -0.230. The van der Waals surface area contributed by atoms with Crippen molar-refractivity contribution in [3.05, 3.63) is 49.3 Å². The minimum Gasteiger partial charge on any atom is -0.382 e. The van der Waals surface area contributed by atoms with Crippen molar-refractivity contribution >= 4 is 43.2 Å². The summed E-state index contributed by atoms with van der Waals surface area (Å²) in [6, 6.07) is 3.67. The van der Waals surface area contributed by atoms with Crippen molar-refractivity contribution in [2.45, 2.75) is 6.10 Å². The molecule has 2 heterocycles. The lowest BCUT2D eigenvalue weighted by atomic mass is 10.1. The van der Waals surface area contributed by atoms with E-state index in [-0.39, 0.29) is 0 Å². The predicted molar refractivity (Wildman–Crippen MR) is 68.0 cm³/mol. The molecule has 0 bridgehead atoms. The normalized spacial score (nSPS) is 12.7. The van der Waals surface area contributed by atoms with E-state index in [0.717, 1.165) is 14.5 Å². The highest BCUT2D eigenvalue weighted by Gasteiger charge is 2.15. The number of thiophene rings is 1. The van der Waals surface area contributed by atoms with Crippen LogP contribution in [0.15, 0.2) is 38.0 Å². The molecule has 0 radical (unpaired) electrons. The third kappa shape index (κ3) is 2.47. The predicted octanol–water partition coefficient (Wildman–Crippen LogP) is 3.75. The van der Waals surface area contributed by atoms with Crippen molar-refractivity contribution in [1.29, 1.82) is 0 Å². The summed E-state index contributed by atoms with van der Waals surface area (Å²) in [5, 5.41) is 13.9. The maximum atomic E-state index is 10.1. The smallest absolute Gasteiger partial charge is 0.123 e. The standard InChI is InChI=1S/C10H7Br2NOS/c11-6-1-2-9(13-3-6)10(14)7-4-15-5-8(7)12/h1-5,10,14H. The summed E-state index contributed by atoms with van der Waals surface area (Å²) in [7, 11) is 0. The van der Waals surface area contributed by atoms with E-state index in [2.05, 4.69) is 36.8 Å². The van der Waals surface area contributed by atoms with E-state index in [1.54, 1.807) is 23.6 Å². The zero-order chi connectivity index (χ0) is 10.8. The van der Waals surface area contributed by atoms with Crippen LogP contribution in [0, 0.1) is 0 Å². The Labute approximate surface area is 108 Å². The molecule has 0 spiro atoms. The first-order chi connectivity index (χ1) is 7.18. The lowest BCUT2D eigenvalue weighted by Crippen LogP contribution is -2.01. The second kappa shape index (κ2) is 4.74. The average Bonchev–Trinajstić information content (AvgIpc) is 2.65. The Morgan fingerprint density at radius 3 is 2.60 bits per heavy atom. The molecule has 5 heteroatoms. The van der Waals surface area contributed by atoms with Crippen LogP contribution in [0.3, 0.4) is 0 Å². The summed E-state index contributed by atoms with van der Waals surface area (Å²) in [5.41, 5.74) is 1.51. The van der Waals surface area contributed by atoms with Crippen LogP contribution in [-0.2, 0) is 0 Å². The lowest BCUT2D eigenvalue weighted by molar-refractivity contribution is 0.215. The molecule has 0 saturated heterocycles. The van der Waals surface area contributed by atoms with Gasteiger partial charge in [0.05, 0.1) is 5.69 Å². The number of aromatic nitrogens is 1. The summed E-state index contributed by atoms with van der Waals surface area (Å²) in [6.45, 7) is 0. The summed E-state index contributed by atoms with van der Waals surface area (Å²) >= 11 is 8.25. The maximum absolute atomic E-state index is 10.1. The quantitative estimate of drug-likeness (QED) is 0.896. The Kier molecular flexibility index (Phi) is 3.56. The number of nitrogens with zero attached hydrogens (tertiary/aromatic N) is 1. The van der Waals surface area contributed by atoms with Gasteiger partial charge in [0.2, 0.25) is 0 Å². The van der Waals surface area contributed by atoms with Gasteiger partial charge in [-0.2, -0.15) is 11.3 Å². The number of aliphatic hydroxyl groups excluding tert-OH is 1. The summed E-state index contributed by atoms with van der Waals surface area (Å²) < 4.78 is 1.83. The fraction of sp³-hybridized carbons (Fsp3) is 0.100. The topological polar surface area (TPSA) is 33.1 Å². The molecule has 0 fully saturated rings. The molecule has 2 aromatic rings. The molecule has 1 unspecified atom stereocenters. The Morgan fingerprint density at radius 2 is 2.07 bits per heavy atom. The summed E-state index contributed by atoms with van der Waals surface area (Å²) in [4.78, 5) is 4.16. The number of pyridine rings is 1. The van der Waals surface area contributed by atoms with Crippen molar-refractivity contribution in [1.82, 2.24) is 4.98 Å². The van der Waals surface area contributed by atoms with Gasteiger partial charge in [-0.15, -0.1) is 0 Å². The zero-order valence-corrected chi connectivity index (χ0v) is 11.5. The molecule has 0 aromatic carbocycles. The van der Waals surface area contributed by atoms with Crippen molar-refractivity contribution in [3.63, 3.8) is 0 Å². The molecular formula is C10H7Br2NOS. The van der Waals surface area contributed by atoms with Gasteiger partial charge in [-0.05, 0) is 49.4 Å². The van der Waals surface area contributed by atoms with Gasteiger partial charge in [0.25, 0.3) is 0 Å². The van der Waals surface area contributed by atoms with Crippen molar-refractivity contribution in [2.24, 2.45) is 0 Å². The highest BCUT2D eigenvalue weighted by Crippen LogP contribution is 2.30. The zero-order valence-electron chi connectivity index (χ0n) is 7.52. The van der Waals surface area contributed by atoms with Crippen LogP contribution in [0.1, 0.15) is 17.4 Å². The van der Waals surface area contributed by atoms with Gasteiger partial charge >= 0.3 is 0 Å². The average molecular weight is 349 g/mol. The van der Waals surface area contributed by atoms with Crippen molar-refractivity contribution in [3.8, 4) is 0 Å². The van der Waals surface area contributed by atoms with E-state index in [9.17, 15) is 5.11 Å². The molecule has 78 valence electrons. The van der Waals surface area contributed by atoms with E-state index in [1.165, 1.54) is 0 Å². The second-order valence-electron chi connectivity index (χ2n) is 2.98. The number of hydrogen-bond donors (Lipinski definition) is 1. The Balaban J connectivity index is 2.32. The molecule has 0 aliphatic carbocycles. The molecule has 0 aliphatic heterocycles. The van der Waals surface area contributed by atoms with Gasteiger partial charge in [-0.1, -0.05) is 0 Å². The van der Waals surface area contributed by atoms with Crippen LogP contribution < -0.4 is 0 Å². The van der Waals surface area contributed by atoms with Gasteiger partial charge in [-0.25, -0.2) is 0 Å². The molecule has 2 nitrogen and oxygen atoms in total. The van der Waals surface area contributed by atoms with Gasteiger partial charge in [0.15, 0.2) is 0 Å². The Bertz CT molecular complexity index is 455. The van der Waals surface area contributed by atoms with E-state index in [4.69, 9.17) is 0 Å². The molecule has 1 atom stereocenters. The molecule has 15 heavy (non-hydrogen) atoms. The summed E-state index contributed by atoms with van der Waals surface area (Å²) in [5.74, 6) is 0. The molecule has 1 N–H and O–H groups in total. The monoisotopic (exact) mass is 347 g/mol.